The number of esters is 1. The molecular weight excluding hydrogens is 368 g/mol. The Morgan fingerprint density at radius 3 is 2.52 bits per heavy atom. The highest BCUT2D eigenvalue weighted by molar-refractivity contribution is 6.01. The number of aromatic nitrogens is 2. The van der Waals surface area contributed by atoms with E-state index in [4.69, 9.17) is 9.47 Å². The van der Waals surface area contributed by atoms with Gasteiger partial charge in [-0.1, -0.05) is 42.5 Å². The number of hydrogen-bond acceptors (Lipinski definition) is 5. The van der Waals surface area contributed by atoms with Gasteiger partial charge in [-0.05, 0) is 30.3 Å². The highest BCUT2D eigenvalue weighted by Gasteiger charge is 2.16. The van der Waals surface area contributed by atoms with Crippen LogP contribution in [0.3, 0.4) is 0 Å². The van der Waals surface area contributed by atoms with E-state index in [1.807, 2.05) is 30.3 Å². The third kappa shape index (κ3) is 3.87. The van der Waals surface area contributed by atoms with Crippen molar-refractivity contribution in [3.05, 3.63) is 83.9 Å². The van der Waals surface area contributed by atoms with Crippen LogP contribution in [-0.4, -0.2) is 35.4 Å². The fraction of sp³-hybridized carbons (Fsp3) is 0.0870. The summed E-state index contributed by atoms with van der Waals surface area (Å²) in [6, 6.07) is 21.6. The molecule has 0 spiro atoms. The van der Waals surface area contributed by atoms with E-state index < -0.39 is 5.97 Å². The summed E-state index contributed by atoms with van der Waals surface area (Å²) in [6.07, 6.45) is 0. The molecule has 0 bridgehead atoms. The summed E-state index contributed by atoms with van der Waals surface area (Å²) >= 11 is 0. The highest BCUT2D eigenvalue weighted by atomic mass is 16.5. The van der Waals surface area contributed by atoms with Crippen LogP contribution >= 0.6 is 0 Å². The number of nitrogens with zero attached hydrogens (tertiary/aromatic N) is 1. The second kappa shape index (κ2) is 7.98. The first-order valence-corrected chi connectivity index (χ1v) is 9.04. The molecule has 144 valence electrons. The summed E-state index contributed by atoms with van der Waals surface area (Å²) in [5.74, 6) is 0.258. The molecule has 0 amide bonds. The van der Waals surface area contributed by atoms with Gasteiger partial charge in [-0.3, -0.25) is 4.79 Å². The number of para-hydroxylation sites is 1. The highest BCUT2D eigenvalue weighted by Crippen LogP contribution is 2.22. The number of nitrogens with one attached hydrogen (secondary N) is 1. The molecule has 0 saturated heterocycles. The lowest BCUT2D eigenvalue weighted by atomic mass is 10.1. The molecule has 1 heterocycles. The smallest absolute Gasteiger partial charge is 0.338 e. The zero-order valence-corrected chi connectivity index (χ0v) is 15.7. The second-order valence-electron chi connectivity index (χ2n) is 6.38. The molecule has 29 heavy (non-hydrogen) atoms. The summed E-state index contributed by atoms with van der Waals surface area (Å²) in [7, 11) is 1.49. The van der Waals surface area contributed by atoms with E-state index in [2.05, 4.69) is 9.97 Å². The molecule has 4 aromatic rings. The summed E-state index contributed by atoms with van der Waals surface area (Å²) in [5.41, 5.74) is 3.13. The Kier molecular flexibility index (Phi) is 5.07. The zero-order valence-electron chi connectivity index (χ0n) is 15.7. The van der Waals surface area contributed by atoms with Crippen LogP contribution in [0.1, 0.15) is 20.7 Å². The number of carbonyl (C=O) groups excluding carboxylic acids is 2. The maximum absolute atomic E-state index is 12.4. The number of Topliss-reactive ketones (excluding diaryl/α,β-unsaturated/α-hetero) is 1. The number of ketones is 1. The van der Waals surface area contributed by atoms with Gasteiger partial charge in [-0.15, -0.1) is 0 Å². The first kappa shape index (κ1) is 18.4. The van der Waals surface area contributed by atoms with Crippen molar-refractivity contribution in [2.24, 2.45) is 0 Å². The Bertz CT molecular complexity index is 1180. The van der Waals surface area contributed by atoms with Crippen molar-refractivity contribution in [3.63, 3.8) is 0 Å². The van der Waals surface area contributed by atoms with Gasteiger partial charge in [0, 0.05) is 5.56 Å². The van der Waals surface area contributed by atoms with Gasteiger partial charge in [0.15, 0.2) is 6.61 Å². The Labute approximate surface area is 167 Å². The summed E-state index contributed by atoms with van der Waals surface area (Å²) in [4.78, 5) is 32.5. The maximum atomic E-state index is 12.4. The van der Waals surface area contributed by atoms with Gasteiger partial charge < -0.3 is 14.5 Å². The van der Waals surface area contributed by atoms with Crippen molar-refractivity contribution in [2.75, 3.05) is 13.7 Å². The fourth-order valence-corrected chi connectivity index (χ4v) is 3.04. The van der Waals surface area contributed by atoms with E-state index in [0.29, 0.717) is 22.4 Å². The third-order valence-corrected chi connectivity index (χ3v) is 4.51. The number of imidazole rings is 1. The monoisotopic (exact) mass is 386 g/mol. The van der Waals surface area contributed by atoms with Gasteiger partial charge in [-0.2, -0.15) is 0 Å². The molecule has 6 heteroatoms. The predicted octanol–water partition coefficient (Wildman–Crippen LogP) is 4.28. The number of ether oxygens (including phenoxy) is 2. The quantitative estimate of drug-likeness (QED) is 0.395. The predicted molar refractivity (Wildman–Crippen MR) is 109 cm³/mol. The van der Waals surface area contributed by atoms with Crippen LogP contribution in [0, 0.1) is 0 Å². The van der Waals surface area contributed by atoms with E-state index >= 15 is 0 Å². The lowest BCUT2D eigenvalue weighted by Crippen LogP contribution is -2.15. The number of hydrogen-bond donors (Lipinski definition) is 1. The number of carbonyl (C=O) groups is 2. The van der Waals surface area contributed by atoms with Crippen molar-refractivity contribution in [1.29, 1.82) is 0 Å². The van der Waals surface area contributed by atoms with Crippen molar-refractivity contribution < 1.29 is 19.1 Å². The standard InChI is InChI=1S/C23H18N2O4/c1-28-21-10-6-5-9-17(21)20(26)14-29-23(27)16-11-12-18-19(13-16)25-22(24-18)15-7-3-2-4-8-15/h2-13H,14H2,1H3,(H,24,25). The molecule has 0 radical (unpaired) electrons. The summed E-state index contributed by atoms with van der Waals surface area (Å²) < 4.78 is 10.4. The number of rotatable bonds is 6. The minimum atomic E-state index is -0.578. The first-order valence-electron chi connectivity index (χ1n) is 9.04. The molecule has 1 aromatic heterocycles. The van der Waals surface area contributed by atoms with Gasteiger partial charge in [0.05, 0.1) is 29.3 Å². The third-order valence-electron chi connectivity index (χ3n) is 4.51. The summed E-state index contributed by atoms with van der Waals surface area (Å²) in [5, 5.41) is 0. The average Bonchev–Trinajstić information content (AvgIpc) is 3.21. The molecule has 0 aliphatic heterocycles. The van der Waals surface area contributed by atoms with Gasteiger partial charge in [0.2, 0.25) is 5.78 Å². The van der Waals surface area contributed by atoms with Crippen molar-refractivity contribution in [3.8, 4) is 17.1 Å². The van der Waals surface area contributed by atoms with E-state index in [1.165, 1.54) is 7.11 Å². The topological polar surface area (TPSA) is 81.3 Å². The largest absolute Gasteiger partial charge is 0.496 e. The summed E-state index contributed by atoms with van der Waals surface area (Å²) in [6.45, 7) is -0.366. The van der Waals surface area contributed by atoms with Crippen molar-refractivity contribution in [1.82, 2.24) is 9.97 Å². The Morgan fingerprint density at radius 2 is 1.72 bits per heavy atom. The molecule has 1 N–H and O–H groups in total. The Balaban J connectivity index is 1.49. The number of methoxy groups -OCH3 is 1. The van der Waals surface area contributed by atoms with Gasteiger partial charge >= 0.3 is 5.97 Å². The van der Waals surface area contributed by atoms with Crippen LogP contribution < -0.4 is 4.74 Å². The average molecular weight is 386 g/mol. The number of benzene rings is 3. The van der Waals surface area contributed by atoms with E-state index in [0.717, 1.165) is 16.9 Å². The van der Waals surface area contributed by atoms with Crippen molar-refractivity contribution >= 4 is 22.8 Å². The molecule has 6 nitrogen and oxygen atoms in total. The minimum absolute atomic E-state index is 0.329. The van der Waals surface area contributed by atoms with E-state index in [1.54, 1.807) is 42.5 Å². The number of H-pyrrole nitrogens is 1. The number of fused-ring (bicyclic) bond motifs is 1. The molecule has 0 unspecified atom stereocenters. The number of aromatic amines is 1. The van der Waals surface area contributed by atoms with Crippen LogP contribution in [0.15, 0.2) is 72.8 Å². The molecule has 0 atom stereocenters. The Hall–Kier alpha value is -3.93. The molecule has 3 aromatic carbocycles. The normalized spacial score (nSPS) is 10.7. The molecule has 0 aliphatic rings. The molecule has 0 fully saturated rings. The van der Waals surface area contributed by atoms with Gasteiger partial charge in [-0.25, -0.2) is 9.78 Å². The van der Waals surface area contributed by atoms with Gasteiger partial charge in [0.25, 0.3) is 0 Å². The van der Waals surface area contributed by atoms with Gasteiger partial charge in [0.1, 0.15) is 11.6 Å². The molecule has 0 aliphatic carbocycles. The Morgan fingerprint density at radius 1 is 0.966 bits per heavy atom. The van der Waals surface area contributed by atoms with E-state index in [9.17, 15) is 9.59 Å². The van der Waals surface area contributed by atoms with E-state index in [-0.39, 0.29) is 12.4 Å². The van der Waals surface area contributed by atoms with Crippen LogP contribution in [0.2, 0.25) is 0 Å². The maximum Gasteiger partial charge on any atom is 0.338 e. The lowest BCUT2D eigenvalue weighted by molar-refractivity contribution is 0.0474. The zero-order chi connectivity index (χ0) is 20.2. The van der Waals surface area contributed by atoms with Crippen LogP contribution in [-0.2, 0) is 4.74 Å². The van der Waals surface area contributed by atoms with Crippen LogP contribution in [0.5, 0.6) is 5.75 Å². The second-order valence-corrected chi connectivity index (χ2v) is 6.38. The van der Waals surface area contributed by atoms with Crippen molar-refractivity contribution in [2.45, 2.75) is 0 Å². The fourth-order valence-electron chi connectivity index (χ4n) is 3.04. The minimum Gasteiger partial charge on any atom is -0.496 e. The van der Waals surface area contributed by atoms with Crippen LogP contribution in [0.25, 0.3) is 22.4 Å². The molecule has 0 saturated carbocycles. The SMILES string of the molecule is COc1ccccc1C(=O)COC(=O)c1ccc2nc(-c3ccccc3)[nH]c2c1. The molecule has 4 rings (SSSR count). The lowest BCUT2D eigenvalue weighted by Gasteiger charge is -2.08. The first-order chi connectivity index (χ1) is 14.2. The molecular formula is C23H18N2O4. The van der Waals surface area contributed by atoms with Crippen LogP contribution in [0.4, 0.5) is 0 Å².